The Balaban J connectivity index is 1.52. The Morgan fingerprint density at radius 3 is 2.63 bits per heavy atom. The molecule has 0 amide bonds. The van der Waals surface area contributed by atoms with Gasteiger partial charge in [0.2, 0.25) is 11.7 Å². The van der Waals surface area contributed by atoms with Gasteiger partial charge in [-0.15, -0.1) is 10.2 Å². The average molecular weight is 410 g/mol. The molecule has 0 spiro atoms. The Morgan fingerprint density at radius 2 is 1.90 bits per heavy atom. The standard InChI is InChI=1S/C22H19FN2O5/c1-4-27-16-9-10-18-17(11-16)12(2)19(29-18)22(26)28-13(3)20-24-25-21(30-20)14-5-7-15(23)8-6-14/h5-11,13H,4H2,1-3H3/t13-/m1/s1. The number of nitrogens with zero attached hydrogens (tertiary/aromatic N) is 2. The van der Waals surface area contributed by atoms with Gasteiger partial charge < -0.3 is 18.3 Å². The van der Waals surface area contributed by atoms with E-state index in [1.54, 1.807) is 26.0 Å². The summed E-state index contributed by atoms with van der Waals surface area (Å²) >= 11 is 0. The van der Waals surface area contributed by atoms with Gasteiger partial charge in [0, 0.05) is 16.5 Å². The third-order valence-corrected chi connectivity index (χ3v) is 4.57. The maximum atomic E-state index is 13.1. The fraction of sp³-hybridized carbons (Fsp3) is 0.227. The molecular weight excluding hydrogens is 391 g/mol. The molecule has 0 saturated heterocycles. The molecule has 7 nitrogen and oxygen atoms in total. The summed E-state index contributed by atoms with van der Waals surface area (Å²) < 4.78 is 35.3. The van der Waals surface area contributed by atoms with Crippen LogP contribution in [0.5, 0.6) is 5.75 Å². The molecule has 2 aromatic heterocycles. The first-order chi connectivity index (χ1) is 14.5. The van der Waals surface area contributed by atoms with Crippen LogP contribution in [0.2, 0.25) is 0 Å². The summed E-state index contributed by atoms with van der Waals surface area (Å²) in [5.41, 5.74) is 1.78. The van der Waals surface area contributed by atoms with Gasteiger partial charge in [-0.3, -0.25) is 0 Å². The maximum absolute atomic E-state index is 13.1. The molecule has 0 bridgehead atoms. The predicted molar refractivity (Wildman–Crippen MR) is 106 cm³/mol. The Kier molecular flexibility index (Phi) is 5.22. The summed E-state index contributed by atoms with van der Waals surface area (Å²) in [5, 5.41) is 8.63. The lowest BCUT2D eigenvalue weighted by Gasteiger charge is -2.08. The number of rotatable bonds is 6. The van der Waals surface area contributed by atoms with Crippen LogP contribution in [0.3, 0.4) is 0 Å². The third kappa shape index (κ3) is 3.76. The summed E-state index contributed by atoms with van der Waals surface area (Å²) in [6.07, 6.45) is -0.800. The lowest BCUT2D eigenvalue weighted by atomic mass is 10.1. The van der Waals surface area contributed by atoms with E-state index >= 15 is 0 Å². The van der Waals surface area contributed by atoms with Crippen molar-refractivity contribution < 1.29 is 27.5 Å². The molecule has 0 radical (unpaired) electrons. The number of carbonyl (C=O) groups is 1. The highest BCUT2D eigenvalue weighted by atomic mass is 19.1. The first-order valence-corrected chi connectivity index (χ1v) is 9.42. The minimum Gasteiger partial charge on any atom is -0.494 e. The molecule has 1 atom stereocenters. The van der Waals surface area contributed by atoms with Crippen LogP contribution in [-0.4, -0.2) is 22.8 Å². The van der Waals surface area contributed by atoms with Crippen molar-refractivity contribution in [2.75, 3.05) is 6.61 Å². The number of aryl methyl sites for hydroxylation is 1. The van der Waals surface area contributed by atoms with Crippen LogP contribution in [0.25, 0.3) is 22.4 Å². The van der Waals surface area contributed by atoms with E-state index in [0.29, 0.717) is 29.1 Å². The van der Waals surface area contributed by atoms with Crippen LogP contribution in [0.4, 0.5) is 4.39 Å². The second-order valence-electron chi connectivity index (χ2n) is 6.65. The normalized spacial score (nSPS) is 12.1. The van der Waals surface area contributed by atoms with Crippen molar-refractivity contribution >= 4 is 16.9 Å². The third-order valence-electron chi connectivity index (χ3n) is 4.57. The molecule has 154 valence electrons. The van der Waals surface area contributed by atoms with E-state index in [0.717, 1.165) is 5.39 Å². The van der Waals surface area contributed by atoms with Gasteiger partial charge in [0.05, 0.1) is 6.61 Å². The van der Waals surface area contributed by atoms with Gasteiger partial charge >= 0.3 is 5.97 Å². The number of halogens is 1. The smallest absolute Gasteiger partial charge is 0.375 e. The van der Waals surface area contributed by atoms with Gasteiger partial charge in [0.1, 0.15) is 17.1 Å². The Labute approximate surface area is 171 Å². The minimum atomic E-state index is -0.800. The SMILES string of the molecule is CCOc1ccc2oc(C(=O)O[C@H](C)c3nnc(-c4ccc(F)cc4)o3)c(C)c2c1. The van der Waals surface area contributed by atoms with Crippen LogP contribution < -0.4 is 4.74 Å². The zero-order valence-electron chi connectivity index (χ0n) is 16.6. The summed E-state index contributed by atoms with van der Waals surface area (Å²) in [6, 6.07) is 11.0. The Hall–Kier alpha value is -3.68. The highest BCUT2D eigenvalue weighted by Crippen LogP contribution is 2.30. The van der Waals surface area contributed by atoms with Gasteiger partial charge in [-0.05, 0) is 63.2 Å². The lowest BCUT2D eigenvalue weighted by molar-refractivity contribution is 0.0245. The van der Waals surface area contributed by atoms with Gasteiger partial charge in [-0.2, -0.15) is 0 Å². The van der Waals surface area contributed by atoms with Crippen LogP contribution in [0.1, 0.15) is 42.0 Å². The fourth-order valence-corrected chi connectivity index (χ4v) is 3.02. The number of aromatic nitrogens is 2. The number of esters is 1. The second kappa shape index (κ2) is 7.98. The largest absolute Gasteiger partial charge is 0.494 e. The van der Waals surface area contributed by atoms with Gasteiger partial charge in [0.25, 0.3) is 5.89 Å². The predicted octanol–water partition coefficient (Wildman–Crippen LogP) is 5.25. The monoisotopic (exact) mass is 410 g/mol. The van der Waals surface area contributed by atoms with Crippen LogP contribution >= 0.6 is 0 Å². The van der Waals surface area contributed by atoms with Crippen molar-refractivity contribution in [3.05, 3.63) is 65.5 Å². The second-order valence-corrected chi connectivity index (χ2v) is 6.65. The number of furan rings is 1. The van der Waals surface area contributed by atoms with E-state index in [9.17, 15) is 9.18 Å². The van der Waals surface area contributed by atoms with E-state index in [1.807, 2.05) is 13.0 Å². The summed E-state index contributed by atoms with van der Waals surface area (Å²) in [7, 11) is 0. The molecule has 8 heteroatoms. The topological polar surface area (TPSA) is 87.6 Å². The van der Waals surface area contributed by atoms with Crippen molar-refractivity contribution in [2.45, 2.75) is 26.9 Å². The van der Waals surface area contributed by atoms with Gasteiger partial charge in [-0.25, -0.2) is 9.18 Å². The summed E-state index contributed by atoms with van der Waals surface area (Å²) in [5.74, 6) is 0.113. The van der Waals surface area contributed by atoms with Crippen molar-refractivity contribution in [1.82, 2.24) is 10.2 Å². The lowest BCUT2D eigenvalue weighted by Crippen LogP contribution is -2.09. The molecule has 0 N–H and O–H groups in total. The number of carbonyl (C=O) groups excluding carboxylic acids is 1. The highest BCUT2D eigenvalue weighted by Gasteiger charge is 2.25. The molecule has 0 aliphatic rings. The number of benzene rings is 2. The molecule has 30 heavy (non-hydrogen) atoms. The molecule has 0 unspecified atom stereocenters. The molecule has 4 rings (SSSR count). The number of fused-ring (bicyclic) bond motifs is 1. The Bertz CT molecular complexity index is 1200. The van der Waals surface area contributed by atoms with E-state index in [2.05, 4.69) is 10.2 Å². The molecule has 2 heterocycles. The molecule has 0 saturated carbocycles. The maximum Gasteiger partial charge on any atom is 0.375 e. The minimum absolute atomic E-state index is 0.101. The quantitative estimate of drug-likeness (QED) is 0.401. The van der Waals surface area contributed by atoms with Crippen molar-refractivity contribution in [3.63, 3.8) is 0 Å². The van der Waals surface area contributed by atoms with Gasteiger partial charge in [-0.1, -0.05) is 0 Å². The first kappa shape index (κ1) is 19.6. The summed E-state index contributed by atoms with van der Waals surface area (Å²) in [4.78, 5) is 12.7. The van der Waals surface area contributed by atoms with Crippen LogP contribution in [-0.2, 0) is 4.74 Å². The van der Waals surface area contributed by atoms with Crippen molar-refractivity contribution in [1.29, 1.82) is 0 Å². The van der Waals surface area contributed by atoms with Gasteiger partial charge in [0.15, 0.2) is 6.10 Å². The number of hydrogen-bond donors (Lipinski definition) is 0. The first-order valence-electron chi connectivity index (χ1n) is 9.42. The number of ether oxygens (including phenoxy) is 2. The highest BCUT2D eigenvalue weighted by molar-refractivity contribution is 5.96. The van der Waals surface area contributed by atoms with Crippen molar-refractivity contribution in [2.24, 2.45) is 0 Å². The molecule has 0 aliphatic heterocycles. The van der Waals surface area contributed by atoms with E-state index in [4.69, 9.17) is 18.3 Å². The van der Waals surface area contributed by atoms with E-state index in [1.165, 1.54) is 24.3 Å². The summed E-state index contributed by atoms with van der Waals surface area (Å²) in [6.45, 7) is 5.84. The number of hydrogen-bond acceptors (Lipinski definition) is 7. The zero-order chi connectivity index (χ0) is 21.3. The molecule has 0 aliphatic carbocycles. The fourth-order valence-electron chi connectivity index (χ4n) is 3.02. The van der Waals surface area contributed by atoms with E-state index < -0.39 is 12.1 Å². The molecular formula is C22H19FN2O5. The van der Waals surface area contributed by atoms with Crippen LogP contribution in [0, 0.1) is 12.7 Å². The Morgan fingerprint density at radius 1 is 1.13 bits per heavy atom. The van der Waals surface area contributed by atoms with Crippen molar-refractivity contribution in [3.8, 4) is 17.2 Å². The van der Waals surface area contributed by atoms with Crippen LogP contribution in [0.15, 0.2) is 51.3 Å². The zero-order valence-corrected chi connectivity index (χ0v) is 16.6. The average Bonchev–Trinajstić information content (AvgIpc) is 3.35. The molecule has 0 fully saturated rings. The van der Waals surface area contributed by atoms with E-state index in [-0.39, 0.29) is 23.4 Å². The molecule has 4 aromatic rings. The molecule has 2 aromatic carbocycles.